The van der Waals surface area contributed by atoms with Gasteiger partial charge in [0.1, 0.15) is 6.54 Å². The van der Waals surface area contributed by atoms with Gasteiger partial charge in [-0.15, -0.1) is 0 Å². The fraction of sp³-hybridized carbons (Fsp3) is 0.867. The summed E-state index contributed by atoms with van der Waals surface area (Å²) in [6.07, 6.45) is 3.04. The number of carboxylic acids is 1. The summed E-state index contributed by atoms with van der Waals surface area (Å²) in [5, 5.41) is 9.02. The predicted octanol–water partition coefficient (Wildman–Crippen LogP) is 2.80. The fourth-order valence-electron chi connectivity index (χ4n) is 2.51. The van der Waals surface area contributed by atoms with Crippen molar-refractivity contribution in [3.63, 3.8) is 0 Å². The molecule has 0 atom stereocenters. The summed E-state index contributed by atoms with van der Waals surface area (Å²) in [6, 6.07) is -0.155. The van der Waals surface area contributed by atoms with Gasteiger partial charge in [-0.3, -0.25) is 4.79 Å². The van der Waals surface area contributed by atoms with Gasteiger partial charge in [-0.2, -0.15) is 0 Å². The number of nitrogens with zero attached hydrogens (tertiary/aromatic N) is 2. The van der Waals surface area contributed by atoms with Crippen molar-refractivity contribution in [3.05, 3.63) is 0 Å². The fourth-order valence-corrected chi connectivity index (χ4v) is 2.51. The number of likely N-dealkylation sites (tertiary alicyclic amines) is 1. The molecule has 0 spiro atoms. The number of carbonyl (C=O) groups excluding carboxylic acids is 1. The first-order valence-electron chi connectivity index (χ1n) is 7.31. The van der Waals surface area contributed by atoms with Crippen molar-refractivity contribution < 1.29 is 14.7 Å². The van der Waals surface area contributed by atoms with Crippen molar-refractivity contribution >= 4 is 12.0 Å². The molecule has 0 aromatic rings. The van der Waals surface area contributed by atoms with Gasteiger partial charge in [0.05, 0.1) is 0 Å². The molecule has 2 amide bonds. The van der Waals surface area contributed by atoms with Crippen LogP contribution < -0.4 is 0 Å². The van der Waals surface area contributed by atoms with E-state index in [1.54, 1.807) is 0 Å². The Hall–Kier alpha value is -1.26. The molecule has 0 unspecified atom stereocenters. The molecule has 0 aromatic heterocycles. The second-order valence-corrected chi connectivity index (χ2v) is 7.44. The standard InChI is InChI=1S/C15H28N2O3/c1-14(2,3)17(11-12(18)19)13(20)16-9-6-7-15(4,5)8-10-16/h6-11H2,1-5H3,(H,18,19). The van der Waals surface area contributed by atoms with Gasteiger partial charge >= 0.3 is 12.0 Å². The monoisotopic (exact) mass is 284 g/mol. The van der Waals surface area contributed by atoms with Gasteiger partial charge in [0.25, 0.3) is 0 Å². The summed E-state index contributed by atoms with van der Waals surface area (Å²) in [6.45, 7) is 11.2. The van der Waals surface area contributed by atoms with Crippen LogP contribution in [0.1, 0.15) is 53.9 Å². The van der Waals surface area contributed by atoms with Crippen LogP contribution in [0, 0.1) is 5.41 Å². The molecule has 1 rings (SSSR count). The number of hydrogen-bond acceptors (Lipinski definition) is 2. The van der Waals surface area contributed by atoms with Crippen LogP contribution in [0.5, 0.6) is 0 Å². The number of amides is 2. The predicted molar refractivity (Wildman–Crippen MR) is 78.7 cm³/mol. The zero-order chi connectivity index (χ0) is 15.6. The number of hydrogen-bond donors (Lipinski definition) is 1. The Morgan fingerprint density at radius 3 is 2.30 bits per heavy atom. The molecular formula is C15H28N2O3. The number of urea groups is 1. The Bertz CT molecular complexity index is 372. The minimum absolute atomic E-state index is 0.155. The van der Waals surface area contributed by atoms with Crippen LogP contribution in [0.4, 0.5) is 4.79 Å². The smallest absolute Gasteiger partial charge is 0.323 e. The van der Waals surface area contributed by atoms with Gasteiger partial charge < -0.3 is 14.9 Å². The summed E-state index contributed by atoms with van der Waals surface area (Å²) in [5.41, 5.74) is -0.230. The molecule has 1 fully saturated rings. The lowest BCUT2D eigenvalue weighted by Crippen LogP contribution is -2.54. The lowest BCUT2D eigenvalue weighted by Gasteiger charge is -2.38. The topological polar surface area (TPSA) is 60.9 Å². The van der Waals surface area contributed by atoms with E-state index >= 15 is 0 Å². The van der Waals surface area contributed by atoms with E-state index in [0.29, 0.717) is 13.1 Å². The van der Waals surface area contributed by atoms with Crippen LogP contribution in [-0.4, -0.2) is 52.1 Å². The summed E-state index contributed by atoms with van der Waals surface area (Å²) in [5.74, 6) is -0.969. The second-order valence-electron chi connectivity index (χ2n) is 7.44. The molecule has 1 saturated heterocycles. The first kappa shape index (κ1) is 16.8. The van der Waals surface area contributed by atoms with Gasteiger partial charge in [-0.1, -0.05) is 13.8 Å². The van der Waals surface area contributed by atoms with E-state index in [0.717, 1.165) is 19.3 Å². The molecule has 0 aromatic carbocycles. The average molecular weight is 284 g/mol. The molecule has 0 saturated carbocycles. The number of carbonyl (C=O) groups is 2. The third-order valence-corrected chi connectivity index (χ3v) is 3.94. The second kappa shape index (κ2) is 6.02. The van der Waals surface area contributed by atoms with E-state index in [9.17, 15) is 9.59 Å². The summed E-state index contributed by atoms with van der Waals surface area (Å²) < 4.78 is 0. The van der Waals surface area contributed by atoms with Gasteiger partial charge in [0.2, 0.25) is 0 Å². The molecule has 1 aliphatic heterocycles. The summed E-state index contributed by atoms with van der Waals surface area (Å²) in [4.78, 5) is 26.9. The molecule has 1 aliphatic rings. The zero-order valence-corrected chi connectivity index (χ0v) is 13.4. The lowest BCUT2D eigenvalue weighted by atomic mass is 9.85. The van der Waals surface area contributed by atoms with Crippen molar-refractivity contribution in [2.75, 3.05) is 19.6 Å². The van der Waals surface area contributed by atoms with E-state index in [4.69, 9.17) is 5.11 Å². The Labute approximate surface area is 121 Å². The van der Waals surface area contributed by atoms with Crippen molar-refractivity contribution in [2.24, 2.45) is 5.41 Å². The average Bonchev–Trinajstić information content (AvgIpc) is 2.44. The van der Waals surface area contributed by atoms with Crippen LogP contribution in [-0.2, 0) is 4.79 Å². The SMILES string of the molecule is CC1(C)CCCN(C(=O)N(CC(=O)O)C(C)(C)C)CC1. The highest BCUT2D eigenvalue weighted by Crippen LogP contribution is 2.30. The van der Waals surface area contributed by atoms with Crippen LogP contribution in [0.3, 0.4) is 0 Å². The summed E-state index contributed by atoms with van der Waals surface area (Å²) >= 11 is 0. The number of aliphatic carboxylic acids is 1. The minimum atomic E-state index is -0.969. The molecule has 20 heavy (non-hydrogen) atoms. The normalized spacial score (nSPS) is 19.4. The van der Waals surface area contributed by atoms with Crippen molar-refractivity contribution in [3.8, 4) is 0 Å². The molecule has 0 aliphatic carbocycles. The van der Waals surface area contributed by atoms with Crippen molar-refractivity contribution in [2.45, 2.75) is 59.4 Å². The van der Waals surface area contributed by atoms with E-state index in [2.05, 4.69) is 13.8 Å². The molecule has 1 heterocycles. The van der Waals surface area contributed by atoms with Crippen LogP contribution in [0.2, 0.25) is 0 Å². The van der Waals surface area contributed by atoms with Gasteiger partial charge in [0, 0.05) is 18.6 Å². The van der Waals surface area contributed by atoms with E-state index in [-0.39, 0.29) is 18.0 Å². The Morgan fingerprint density at radius 2 is 1.80 bits per heavy atom. The Kier molecular flexibility index (Phi) is 5.05. The van der Waals surface area contributed by atoms with E-state index < -0.39 is 11.5 Å². The maximum absolute atomic E-state index is 12.6. The quantitative estimate of drug-likeness (QED) is 0.848. The third-order valence-electron chi connectivity index (χ3n) is 3.94. The van der Waals surface area contributed by atoms with Crippen molar-refractivity contribution in [1.82, 2.24) is 9.80 Å². The number of carboxylic acid groups (broad SMARTS) is 1. The maximum atomic E-state index is 12.6. The van der Waals surface area contributed by atoms with Crippen LogP contribution in [0.15, 0.2) is 0 Å². The first-order chi connectivity index (χ1) is 9.03. The van der Waals surface area contributed by atoms with Crippen LogP contribution in [0.25, 0.3) is 0 Å². The van der Waals surface area contributed by atoms with Gasteiger partial charge in [-0.05, 0) is 45.4 Å². The van der Waals surface area contributed by atoms with Gasteiger partial charge in [0.15, 0.2) is 0 Å². The molecule has 5 heteroatoms. The molecule has 0 bridgehead atoms. The molecule has 0 radical (unpaired) electrons. The Balaban J connectivity index is 2.81. The van der Waals surface area contributed by atoms with Gasteiger partial charge in [-0.25, -0.2) is 4.79 Å². The van der Waals surface area contributed by atoms with Crippen LogP contribution >= 0.6 is 0 Å². The molecular weight excluding hydrogens is 256 g/mol. The lowest BCUT2D eigenvalue weighted by molar-refractivity contribution is -0.138. The number of rotatable bonds is 2. The summed E-state index contributed by atoms with van der Waals surface area (Å²) in [7, 11) is 0. The van der Waals surface area contributed by atoms with E-state index in [1.165, 1.54) is 4.90 Å². The maximum Gasteiger partial charge on any atom is 0.323 e. The minimum Gasteiger partial charge on any atom is -0.480 e. The third kappa shape index (κ3) is 4.69. The molecule has 1 N–H and O–H groups in total. The largest absolute Gasteiger partial charge is 0.480 e. The highest BCUT2D eigenvalue weighted by atomic mass is 16.4. The zero-order valence-electron chi connectivity index (χ0n) is 13.4. The molecule has 5 nitrogen and oxygen atoms in total. The van der Waals surface area contributed by atoms with Crippen molar-refractivity contribution in [1.29, 1.82) is 0 Å². The first-order valence-corrected chi connectivity index (χ1v) is 7.31. The Morgan fingerprint density at radius 1 is 1.20 bits per heavy atom. The highest BCUT2D eigenvalue weighted by molar-refractivity contribution is 5.81. The van der Waals surface area contributed by atoms with E-state index in [1.807, 2.05) is 25.7 Å². The highest BCUT2D eigenvalue weighted by Gasteiger charge is 2.33. The molecule has 116 valence electrons.